The molecule has 4 nitrogen and oxygen atoms in total. The van der Waals surface area contributed by atoms with Crippen LogP contribution in [0.15, 0.2) is 54.1 Å². The predicted molar refractivity (Wildman–Crippen MR) is 82.6 cm³/mol. The first-order valence-electron chi connectivity index (χ1n) is 6.97. The molecule has 0 atom stereocenters. The molecule has 124 valence electrons. The second-order valence-electron chi connectivity index (χ2n) is 4.81. The molecule has 0 aromatic heterocycles. The summed E-state index contributed by atoms with van der Waals surface area (Å²) < 4.78 is 36.0. The van der Waals surface area contributed by atoms with E-state index in [0.29, 0.717) is 6.07 Å². The first-order valence-corrected chi connectivity index (χ1v) is 6.97. The minimum Gasteiger partial charge on any atom is -0.465 e. The lowest BCUT2D eigenvalue weighted by atomic mass is 10.1. The third-order valence-electron chi connectivity index (χ3n) is 3.03. The van der Waals surface area contributed by atoms with Gasteiger partial charge in [0.1, 0.15) is 23.8 Å². The minimum absolute atomic E-state index is 0.00422. The zero-order valence-corrected chi connectivity index (χ0v) is 12.8. The number of benzene rings is 2. The molecule has 0 saturated carbocycles. The zero-order chi connectivity index (χ0) is 17.5. The highest BCUT2D eigenvalue weighted by molar-refractivity contribution is 6.17. The maximum absolute atomic E-state index is 13.2. The fraction of sp³-hybridized carbons (Fsp3) is 0.111. The zero-order valence-electron chi connectivity index (χ0n) is 12.8. The minimum atomic E-state index is -0.960. The lowest BCUT2D eigenvalue weighted by Crippen LogP contribution is -2.17. The standard InChI is InChI=1S/C18H14F2O4/c1-23-17(21)16(9-13-7-14(19)10-15(20)8-13)18(22)24-11-12-5-3-2-4-6-12/h2-10H,11H2,1H3/b16-9-. The lowest BCUT2D eigenvalue weighted by molar-refractivity contribution is -0.146. The van der Waals surface area contributed by atoms with Gasteiger partial charge in [0, 0.05) is 6.07 Å². The van der Waals surface area contributed by atoms with E-state index in [1.807, 2.05) is 6.07 Å². The summed E-state index contributed by atoms with van der Waals surface area (Å²) in [7, 11) is 1.09. The molecule has 0 saturated heterocycles. The van der Waals surface area contributed by atoms with Gasteiger partial charge in [0.15, 0.2) is 0 Å². The number of esters is 2. The molecule has 2 aromatic carbocycles. The van der Waals surface area contributed by atoms with Crippen molar-refractivity contribution in [1.29, 1.82) is 0 Å². The highest BCUT2D eigenvalue weighted by Gasteiger charge is 2.21. The van der Waals surface area contributed by atoms with E-state index in [2.05, 4.69) is 4.74 Å². The van der Waals surface area contributed by atoms with E-state index in [1.165, 1.54) is 0 Å². The quantitative estimate of drug-likeness (QED) is 0.365. The first-order chi connectivity index (χ1) is 11.5. The number of carbonyl (C=O) groups is 2. The predicted octanol–water partition coefficient (Wildman–Crippen LogP) is 3.26. The van der Waals surface area contributed by atoms with E-state index >= 15 is 0 Å². The van der Waals surface area contributed by atoms with Gasteiger partial charge in [-0.15, -0.1) is 0 Å². The number of halogens is 2. The number of carbonyl (C=O) groups excluding carboxylic acids is 2. The number of methoxy groups -OCH3 is 1. The summed E-state index contributed by atoms with van der Waals surface area (Å²) in [5, 5.41) is 0. The second-order valence-corrected chi connectivity index (χ2v) is 4.81. The SMILES string of the molecule is COC(=O)/C(=C/c1cc(F)cc(F)c1)C(=O)OCc1ccccc1. The normalized spacial score (nSPS) is 11.0. The Kier molecular flexibility index (Phi) is 5.78. The molecule has 0 amide bonds. The Morgan fingerprint density at radius 1 is 1.00 bits per heavy atom. The van der Waals surface area contributed by atoms with Gasteiger partial charge in [-0.1, -0.05) is 30.3 Å². The summed E-state index contributed by atoms with van der Waals surface area (Å²) in [4.78, 5) is 23.9. The average Bonchev–Trinajstić information content (AvgIpc) is 2.57. The highest BCUT2D eigenvalue weighted by atomic mass is 19.1. The van der Waals surface area contributed by atoms with Crippen LogP contribution in [-0.2, 0) is 25.7 Å². The van der Waals surface area contributed by atoms with E-state index in [-0.39, 0.29) is 12.2 Å². The largest absolute Gasteiger partial charge is 0.465 e. The van der Waals surface area contributed by atoms with Crippen LogP contribution in [0.4, 0.5) is 8.78 Å². The Labute approximate surface area is 137 Å². The van der Waals surface area contributed by atoms with Crippen LogP contribution < -0.4 is 0 Å². The van der Waals surface area contributed by atoms with Gasteiger partial charge in [-0.25, -0.2) is 18.4 Å². The van der Waals surface area contributed by atoms with Crippen LogP contribution in [0.5, 0.6) is 0 Å². The average molecular weight is 332 g/mol. The Hall–Kier alpha value is -3.02. The summed E-state index contributed by atoms with van der Waals surface area (Å²) in [6.07, 6.45) is 1.02. The van der Waals surface area contributed by atoms with Crippen molar-refractivity contribution in [1.82, 2.24) is 0 Å². The van der Waals surface area contributed by atoms with Crippen LogP contribution in [0.25, 0.3) is 6.08 Å². The number of rotatable bonds is 5. The fourth-order valence-electron chi connectivity index (χ4n) is 1.94. The molecule has 2 rings (SSSR count). The molecule has 2 aromatic rings. The molecular formula is C18H14F2O4. The van der Waals surface area contributed by atoms with Gasteiger partial charge in [-0.05, 0) is 29.3 Å². The Balaban J connectivity index is 2.22. The molecule has 0 N–H and O–H groups in total. The third kappa shape index (κ3) is 4.74. The molecule has 0 radical (unpaired) electrons. The molecule has 24 heavy (non-hydrogen) atoms. The molecule has 0 fully saturated rings. The van der Waals surface area contributed by atoms with Gasteiger partial charge in [0.05, 0.1) is 7.11 Å². The lowest BCUT2D eigenvalue weighted by Gasteiger charge is -2.07. The van der Waals surface area contributed by atoms with Gasteiger partial charge in [0.2, 0.25) is 0 Å². The van der Waals surface area contributed by atoms with Crippen LogP contribution >= 0.6 is 0 Å². The van der Waals surface area contributed by atoms with Crippen molar-refractivity contribution in [2.45, 2.75) is 6.61 Å². The van der Waals surface area contributed by atoms with E-state index < -0.39 is 29.1 Å². The van der Waals surface area contributed by atoms with E-state index in [0.717, 1.165) is 30.9 Å². The molecule has 6 heteroatoms. The summed E-state index contributed by atoms with van der Waals surface area (Å²) in [6, 6.07) is 11.5. The highest BCUT2D eigenvalue weighted by Crippen LogP contribution is 2.14. The van der Waals surface area contributed by atoms with Gasteiger partial charge in [-0.3, -0.25) is 0 Å². The molecule has 0 aliphatic heterocycles. The number of hydrogen-bond acceptors (Lipinski definition) is 4. The maximum Gasteiger partial charge on any atom is 0.345 e. The van der Waals surface area contributed by atoms with Crippen molar-refractivity contribution in [2.24, 2.45) is 0 Å². The van der Waals surface area contributed by atoms with Crippen LogP contribution in [-0.4, -0.2) is 19.0 Å². The van der Waals surface area contributed by atoms with Gasteiger partial charge in [0.25, 0.3) is 0 Å². The Morgan fingerprint density at radius 3 is 2.21 bits per heavy atom. The van der Waals surface area contributed by atoms with Gasteiger partial charge >= 0.3 is 11.9 Å². The van der Waals surface area contributed by atoms with Gasteiger partial charge in [-0.2, -0.15) is 0 Å². The van der Waals surface area contributed by atoms with Crippen molar-refractivity contribution in [2.75, 3.05) is 7.11 Å². The summed E-state index contributed by atoms with van der Waals surface area (Å²) >= 11 is 0. The van der Waals surface area contributed by atoms with Crippen LogP contribution in [0, 0.1) is 11.6 Å². The molecule has 0 unspecified atom stereocenters. The van der Waals surface area contributed by atoms with Crippen molar-refractivity contribution in [3.05, 3.63) is 76.9 Å². The van der Waals surface area contributed by atoms with Crippen molar-refractivity contribution < 1.29 is 27.8 Å². The van der Waals surface area contributed by atoms with Gasteiger partial charge < -0.3 is 9.47 Å². The Morgan fingerprint density at radius 2 is 1.62 bits per heavy atom. The van der Waals surface area contributed by atoms with E-state index in [9.17, 15) is 18.4 Å². The summed E-state index contributed by atoms with van der Waals surface area (Å²) in [5.41, 5.74) is 0.273. The smallest absolute Gasteiger partial charge is 0.345 e. The van der Waals surface area contributed by atoms with Crippen molar-refractivity contribution in [3.8, 4) is 0 Å². The molecular weight excluding hydrogens is 318 g/mol. The summed E-state index contributed by atoms with van der Waals surface area (Å²) in [6.45, 7) is -0.0501. The van der Waals surface area contributed by atoms with Crippen LogP contribution in [0.3, 0.4) is 0 Å². The molecule has 0 aliphatic carbocycles. The topological polar surface area (TPSA) is 52.6 Å². The molecule has 0 aliphatic rings. The molecule has 0 spiro atoms. The van der Waals surface area contributed by atoms with Crippen LogP contribution in [0.2, 0.25) is 0 Å². The Bertz CT molecular complexity index is 750. The third-order valence-corrected chi connectivity index (χ3v) is 3.03. The van der Waals surface area contributed by atoms with Crippen molar-refractivity contribution in [3.63, 3.8) is 0 Å². The van der Waals surface area contributed by atoms with Crippen LogP contribution in [0.1, 0.15) is 11.1 Å². The monoisotopic (exact) mass is 332 g/mol. The molecule has 0 bridgehead atoms. The first kappa shape index (κ1) is 17.3. The second kappa shape index (κ2) is 8.01. The number of ether oxygens (including phenoxy) is 2. The molecule has 0 heterocycles. The van der Waals surface area contributed by atoms with E-state index in [1.54, 1.807) is 24.3 Å². The summed E-state index contributed by atoms with van der Waals surface area (Å²) in [5.74, 6) is -3.57. The fourth-order valence-corrected chi connectivity index (χ4v) is 1.94. The number of hydrogen-bond donors (Lipinski definition) is 0. The van der Waals surface area contributed by atoms with E-state index in [4.69, 9.17) is 4.74 Å². The van der Waals surface area contributed by atoms with Crippen molar-refractivity contribution >= 4 is 18.0 Å². The maximum atomic E-state index is 13.2.